The second kappa shape index (κ2) is 4.18. The summed E-state index contributed by atoms with van der Waals surface area (Å²) in [5, 5.41) is 0.0857. The summed E-state index contributed by atoms with van der Waals surface area (Å²) in [6, 6.07) is 5.61. The molecule has 0 N–H and O–H groups in total. The molecule has 15 heavy (non-hydrogen) atoms. The van der Waals surface area contributed by atoms with Crippen molar-refractivity contribution in [2.45, 2.75) is 0 Å². The zero-order chi connectivity index (χ0) is 10.7. The minimum Gasteiger partial charge on any atom is -0.467 e. The van der Waals surface area contributed by atoms with Crippen LogP contribution in [0.15, 0.2) is 24.4 Å². The molecule has 0 aliphatic rings. The molecular formula is C9H7ClN4O. The minimum atomic E-state index is 0.0857. The molecule has 0 aliphatic heterocycles. The number of methoxy groups -OCH3 is 1. The average molecular weight is 223 g/mol. The maximum Gasteiger partial charge on any atom is 0.321 e. The van der Waals surface area contributed by atoms with Gasteiger partial charge in [0.2, 0.25) is 5.28 Å². The summed E-state index contributed by atoms with van der Waals surface area (Å²) < 4.78 is 4.88. The summed E-state index contributed by atoms with van der Waals surface area (Å²) in [5.74, 6) is 0.396. The number of hydrogen-bond donors (Lipinski definition) is 0. The Morgan fingerprint density at radius 1 is 1.20 bits per heavy atom. The first-order valence-electron chi connectivity index (χ1n) is 4.16. The van der Waals surface area contributed by atoms with Crippen molar-refractivity contribution in [3.8, 4) is 17.5 Å². The summed E-state index contributed by atoms with van der Waals surface area (Å²) in [5.41, 5.74) is 0.625. The third kappa shape index (κ3) is 2.19. The third-order valence-corrected chi connectivity index (χ3v) is 1.83. The highest BCUT2D eigenvalue weighted by Crippen LogP contribution is 2.15. The highest BCUT2D eigenvalue weighted by Gasteiger charge is 2.07. The van der Waals surface area contributed by atoms with Crippen molar-refractivity contribution in [2.75, 3.05) is 7.11 Å². The van der Waals surface area contributed by atoms with Crippen molar-refractivity contribution < 1.29 is 4.74 Å². The fourth-order valence-corrected chi connectivity index (χ4v) is 1.19. The van der Waals surface area contributed by atoms with Crippen LogP contribution in [0.3, 0.4) is 0 Å². The second-order valence-corrected chi connectivity index (χ2v) is 2.97. The number of pyridine rings is 1. The van der Waals surface area contributed by atoms with Gasteiger partial charge in [-0.3, -0.25) is 4.98 Å². The first-order chi connectivity index (χ1) is 7.29. The van der Waals surface area contributed by atoms with Gasteiger partial charge in [-0.1, -0.05) is 6.07 Å². The van der Waals surface area contributed by atoms with E-state index < -0.39 is 0 Å². The molecule has 0 atom stereocenters. The van der Waals surface area contributed by atoms with Crippen LogP contribution in [0, 0.1) is 0 Å². The largest absolute Gasteiger partial charge is 0.467 e. The predicted octanol–water partition coefficient (Wildman–Crippen LogP) is 1.60. The fourth-order valence-electron chi connectivity index (χ4n) is 1.03. The molecule has 2 heterocycles. The van der Waals surface area contributed by atoms with Crippen LogP contribution >= 0.6 is 11.6 Å². The molecule has 0 aliphatic carbocycles. The minimum absolute atomic E-state index is 0.0857. The molecule has 5 nitrogen and oxygen atoms in total. The molecular weight excluding hydrogens is 216 g/mol. The summed E-state index contributed by atoms with van der Waals surface area (Å²) in [7, 11) is 1.47. The lowest BCUT2D eigenvalue weighted by Crippen LogP contribution is -1.98. The van der Waals surface area contributed by atoms with Crippen LogP contribution in [-0.2, 0) is 0 Å². The average Bonchev–Trinajstić information content (AvgIpc) is 2.29. The quantitative estimate of drug-likeness (QED) is 0.772. The molecule has 76 valence electrons. The Hall–Kier alpha value is -1.75. The van der Waals surface area contributed by atoms with Crippen molar-refractivity contribution in [3.05, 3.63) is 29.7 Å². The summed E-state index contributed by atoms with van der Waals surface area (Å²) >= 11 is 5.71. The Labute approximate surface area is 91.1 Å². The van der Waals surface area contributed by atoms with E-state index in [0.717, 1.165) is 0 Å². The van der Waals surface area contributed by atoms with E-state index in [1.165, 1.54) is 7.11 Å². The van der Waals surface area contributed by atoms with Crippen LogP contribution in [0.1, 0.15) is 0 Å². The van der Waals surface area contributed by atoms with E-state index in [-0.39, 0.29) is 11.3 Å². The molecule has 0 bridgehead atoms. The predicted molar refractivity (Wildman–Crippen MR) is 54.6 cm³/mol. The first kappa shape index (κ1) is 9.79. The maximum absolute atomic E-state index is 5.71. The molecule has 2 aromatic heterocycles. The van der Waals surface area contributed by atoms with Gasteiger partial charge < -0.3 is 4.74 Å². The summed E-state index contributed by atoms with van der Waals surface area (Å²) in [4.78, 5) is 15.9. The normalized spacial score (nSPS) is 10.0. The Morgan fingerprint density at radius 2 is 2.07 bits per heavy atom. The SMILES string of the molecule is COc1nc(Cl)nc(-c2ccccn2)n1. The fraction of sp³-hybridized carbons (Fsp3) is 0.111. The lowest BCUT2D eigenvalue weighted by atomic mass is 10.3. The number of ether oxygens (including phenoxy) is 1. The highest BCUT2D eigenvalue weighted by atomic mass is 35.5. The molecule has 0 aromatic carbocycles. The third-order valence-electron chi connectivity index (χ3n) is 1.66. The molecule has 0 radical (unpaired) electrons. The molecule has 2 rings (SSSR count). The number of rotatable bonds is 2. The number of aromatic nitrogens is 4. The molecule has 0 amide bonds. The lowest BCUT2D eigenvalue weighted by Gasteiger charge is -2.01. The number of hydrogen-bond acceptors (Lipinski definition) is 5. The molecule has 0 fully saturated rings. The van der Waals surface area contributed by atoms with Gasteiger partial charge in [0.05, 0.1) is 7.11 Å². The zero-order valence-electron chi connectivity index (χ0n) is 7.88. The van der Waals surface area contributed by atoms with Gasteiger partial charge >= 0.3 is 6.01 Å². The van der Waals surface area contributed by atoms with Gasteiger partial charge in [0.15, 0.2) is 5.82 Å². The number of nitrogens with zero attached hydrogens (tertiary/aromatic N) is 4. The molecule has 6 heteroatoms. The van der Waals surface area contributed by atoms with Crippen molar-refractivity contribution in [1.82, 2.24) is 19.9 Å². The first-order valence-corrected chi connectivity index (χ1v) is 4.54. The van der Waals surface area contributed by atoms with Crippen LogP contribution < -0.4 is 4.74 Å². The standard InChI is InChI=1S/C9H7ClN4O/c1-15-9-13-7(12-8(10)14-9)6-4-2-3-5-11-6/h2-5H,1H3. The van der Waals surface area contributed by atoms with Crippen molar-refractivity contribution in [2.24, 2.45) is 0 Å². The van der Waals surface area contributed by atoms with E-state index >= 15 is 0 Å². The van der Waals surface area contributed by atoms with Crippen LogP contribution in [0.5, 0.6) is 6.01 Å². The maximum atomic E-state index is 5.71. The zero-order valence-corrected chi connectivity index (χ0v) is 8.64. The summed E-state index contributed by atoms with van der Waals surface area (Å²) in [6.07, 6.45) is 1.65. The van der Waals surface area contributed by atoms with Crippen molar-refractivity contribution >= 4 is 11.6 Å². The van der Waals surface area contributed by atoms with Gasteiger partial charge in [-0.15, -0.1) is 0 Å². The van der Waals surface area contributed by atoms with E-state index in [9.17, 15) is 0 Å². The van der Waals surface area contributed by atoms with Crippen LogP contribution in [-0.4, -0.2) is 27.0 Å². The van der Waals surface area contributed by atoms with Gasteiger partial charge in [-0.2, -0.15) is 15.0 Å². The molecule has 0 spiro atoms. The van der Waals surface area contributed by atoms with Gasteiger partial charge in [0.1, 0.15) is 5.69 Å². The van der Waals surface area contributed by atoms with Crippen molar-refractivity contribution in [3.63, 3.8) is 0 Å². The molecule has 2 aromatic rings. The Kier molecular flexibility index (Phi) is 2.73. The topological polar surface area (TPSA) is 60.8 Å². The van der Waals surface area contributed by atoms with Gasteiger partial charge in [-0.05, 0) is 23.7 Å². The Balaban J connectivity index is 2.49. The van der Waals surface area contributed by atoms with Gasteiger partial charge in [0, 0.05) is 6.20 Å². The monoisotopic (exact) mass is 222 g/mol. The Morgan fingerprint density at radius 3 is 2.73 bits per heavy atom. The van der Waals surface area contributed by atoms with E-state index in [1.807, 2.05) is 12.1 Å². The lowest BCUT2D eigenvalue weighted by molar-refractivity contribution is 0.378. The van der Waals surface area contributed by atoms with Crippen LogP contribution in [0.2, 0.25) is 5.28 Å². The second-order valence-electron chi connectivity index (χ2n) is 2.63. The molecule has 0 saturated carbocycles. The molecule has 0 saturated heterocycles. The Bertz CT molecular complexity index is 463. The van der Waals surface area contributed by atoms with Gasteiger partial charge in [0.25, 0.3) is 0 Å². The van der Waals surface area contributed by atoms with Gasteiger partial charge in [-0.25, -0.2) is 0 Å². The van der Waals surface area contributed by atoms with Crippen molar-refractivity contribution in [1.29, 1.82) is 0 Å². The van der Waals surface area contributed by atoms with Crippen LogP contribution in [0.4, 0.5) is 0 Å². The summed E-state index contributed by atoms with van der Waals surface area (Å²) in [6.45, 7) is 0. The van der Waals surface area contributed by atoms with E-state index in [4.69, 9.17) is 16.3 Å². The smallest absolute Gasteiger partial charge is 0.321 e. The van der Waals surface area contributed by atoms with E-state index in [2.05, 4.69) is 19.9 Å². The van der Waals surface area contributed by atoms with E-state index in [0.29, 0.717) is 11.5 Å². The number of halogens is 1. The molecule has 0 unspecified atom stereocenters. The van der Waals surface area contributed by atoms with E-state index in [1.54, 1.807) is 12.3 Å². The highest BCUT2D eigenvalue weighted by molar-refractivity contribution is 6.28. The van der Waals surface area contributed by atoms with Crippen LogP contribution in [0.25, 0.3) is 11.5 Å².